The number of anilines is 1. The predicted molar refractivity (Wildman–Crippen MR) is 96.7 cm³/mol. The molecule has 0 fully saturated rings. The van der Waals surface area contributed by atoms with Crippen LogP contribution in [0.5, 0.6) is 0 Å². The highest BCUT2D eigenvalue weighted by atomic mass is 16.6. The summed E-state index contributed by atoms with van der Waals surface area (Å²) in [4.78, 5) is 31.5. The van der Waals surface area contributed by atoms with Gasteiger partial charge in [-0.05, 0) is 53.7 Å². The van der Waals surface area contributed by atoms with Gasteiger partial charge in [0.15, 0.2) is 0 Å². The maximum atomic E-state index is 12.5. The molecule has 0 aliphatic heterocycles. The second-order valence-electron chi connectivity index (χ2n) is 7.74. The van der Waals surface area contributed by atoms with Crippen molar-refractivity contribution in [3.05, 3.63) is 24.5 Å². The van der Waals surface area contributed by atoms with E-state index in [0.29, 0.717) is 12.2 Å². The molecule has 1 aromatic rings. The summed E-state index contributed by atoms with van der Waals surface area (Å²) in [5, 5.41) is 0. The molecule has 0 atom stereocenters. The van der Waals surface area contributed by atoms with E-state index in [9.17, 15) is 9.59 Å². The summed E-state index contributed by atoms with van der Waals surface area (Å²) >= 11 is 0. The van der Waals surface area contributed by atoms with E-state index >= 15 is 0 Å². The van der Waals surface area contributed by atoms with Gasteiger partial charge >= 0.3 is 12.2 Å². The molecule has 0 aromatic carbocycles. The normalized spacial score (nSPS) is 11.6. The highest BCUT2D eigenvalue weighted by molar-refractivity contribution is 5.87. The standard InChI is InChI=1S/C18H29N3O4/c1-17(2,3)24-15(22)20(7)12-13-21(14-8-10-19-11-9-14)16(23)25-18(4,5)6/h8-11H,12-13H2,1-7H3. The van der Waals surface area contributed by atoms with Crippen LogP contribution in [0, 0.1) is 0 Å². The zero-order chi connectivity index (χ0) is 19.3. The average Bonchev–Trinajstić information content (AvgIpc) is 2.44. The van der Waals surface area contributed by atoms with Crippen LogP contribution >= 0.6 is 0 Å². The fraction of sp³-hybridized carbons (Fsp3) is 0.611. The van der Waals surface area contributed by atoms with E-state index in [1.807, 2.05) is 41.5 Å². The number of amides is 2. The number of rotatable bonds is 4. The van der Waals surface area contributed by atoms with Crippen LogP contribution in [0.1, 0.15) is 41.5 Å². The minimum atomic E-state index is -0.612. The van der Waals surface area contributed by atoms with Crippen LogP contribution in [0.2, 0.25) is 0 Å². The molecule has 0 radical (unpaired) electrons. The highest BCUT2D eigenvalue weighted by Crippen LogP contribution is 2.17. The first-order chi connectivity index (χ1) is 11.4. The van der Waals surface area contributed by atoms with Gasteiger partial charge in [-0.1, -0.05) is 0 Å². The summed E-state index contributed by atoms with van der Waals surface area (Å²) in [6.07, 6.45) is 2.29. The number of hydrogen-bond acceptors (Lipinski definition) is 5. The van der Waals surface area contributed by atoms with Crippen molar-refractivity contribution in [1.82, 2.24) is 9.88 Å². The van der Waals surface area contributed by atoms with Gasteiger partial charge in [0, 0.05) is 32.5 Å². The van der Waals surface area contributed by atoms with E-state index in [2.05, 4.69) is 4.98 Å². The first-order valence-electron chi connectivity index (χ1n) is 8.24. The summed E-state index contributed by atoms with van der Waals surface area (Å²) in [5.41, 5.74) is -0.525. The Kier molecular flexibility index (Phi) is 6.78. The number of likely N-dealkylation sites (N-methyl/N-ethyl adjacent to an activating group) is 1. The minimum Gasteiger partial charge on any atom is -0.444 e. The van der Waals surface area contributed by atoms with Crippen LogP contribution in [0.4, 0.5) is 15.3 Å². The van der Waals surface area contributed by atoms with Crippen molar-refractivity contribution < 1.29 is 19.1 Å². The number of pyridine rings is 1. The third-order valence-electron chi connectivity index (χ3n) is 2.95. The zero-order valence-electron chi connectivity index (χ0n) is 16.2. The third kappa shape index (κ3) is 7.87. The fourth-order valence-corrected chi connectivity index (χ4v) is 1.85. The molecule has 0 saturated heterocycles. The Bertz CT molecular complexity index is 576. The van der Waals surface area contributed by atoms with E-state index in [-0.39, 0.29) is 6.54 Å². The van der Waals surface area contributed by atoms with Gasteiger partial charge < -0.3 is 14.4 Å². The van der Waals surface area contributed by atoms with Gasteiger partial charge in [0.05, 0.1) is 5.69 Å². The van der Waals surface area contributed by atoms with Gasteiger partial charge in [0.25, 0.3) is 0 Å². The maximum Gasteiger partial charge on any atom is 0.414 e. The summed E-state index contributed by atoms with van der Waals surface area (Å²) in [5.74, 6) is 0. The first kappa shape index (κ1) is 20.7. The van der Waals surface area contributed by atoms with Gasteiger partial charge in [-0.2, -0.15) is 0 Å². The molecule has 1 aromatic heterocycles. The van der Waals surface area contributed by atoms with Crippen LogP contribution in [0.25, 0.3) is 0 Å². The topological polar surface area (TPSA) is 72.0 Å². The molecule has 25 heavy (non-hydrogen) atoms. The van der Waals surface area contributed by atoms with Crippen molar-refractivity contribution in [2.24, 2.45) is 0 Å². The van der Waals surface area contributed by atoms with E-state index in [1.165, 1.54) is 9.80 Å². The largest absolute Gasteiger partial charge is 0.444 e. The van der Waals surface area contributed by atoms with Crippen molar-refractivity contribution in [2.75, 3.05) is 25.0 Å². The number of aromatic nitrogens is 1. The Morgan fingerprint density at radius 1 is 0.920 bits per heavy atom. The lowest BCUT2D eigenvalue weighted by atomic mass is 10.2. The molecule has 0 saturated carbocycles. The molecule has 7 heteroatoms. The summed E-state index contributed by atoms with van der Waals surface area (Å²) in [6, 6.07) is 3.44. The predicted octanol–water partition coefficient (Wildman–Crippen LogP) is 3.69. The Morgan fingerprint density at radius 3 is 1.88 bits per heavy atom. The van der Waals surface area contributed by atoms with Crippen LogP contribution in [0.15, 0.2) is 24.5 Å². The maximum absolute atomic E-state index is 12.5. The van der Waals surface area contributed by atoms with Crippen LogP contribution in [-0.2, 0) is 9.47 Å². The monoisotopic (exact) mass is 351 g/mol. The van der Waals surface area contributed by atoms with Crippen LogP contribution < -0.4 is 4.90 Å². The van der Waals surface area contributed by atoms with E-state index in [1.54, 1.807) is 31.6 Å². The summed E-state index contributed by atoms with van der Waals surface area (Å²) in [6.45, 7) is 11.4. The second-order valence-corrected chi connectivity index (χ2v) is 7.74. The smallest absolute Gasteiger partial charge is 0.414 e. The molecule has 0 aliphatic rings. The van der Waals surface area contributed by atoms with Gasteiger partial charge in [0.1, 0.15) is 11.2 Å². The Hall–Kier alpha value is -2.31. The lowest BCUT2D eigenvalue weighted by molar-refractivity contribution is 0.0295. The molecule has 7 nitrogen and oxygen atoms in total. The lowest BCUT2D eigenvalue weighted by Crippen LogP contribution is -2.43. The number of hydrogen-bond donors (Lipinski definition) is 0. The van der Waals surface area contributed by atoms with Gasteiger partial charge in [0.2, 0.25) is 0 Å². The first-order valence-corrected chi connectivity index (χ1v) is 8.24. The van der Waals surface area contributed by atoms with Crippen LogP contribution in [0.3, 0.4) is 0 Å². The molecule has 0 bridgehead atoms. The summed E-state index contributed by atoms with van der Waals surface area (Å²) < 4.78 is 10.8. The molecule has 0 spiro atoms. The Balaban J connectivity index is 2.81. The molecular weight excluding hydrogens is 322 g/mol. The Labute approximate surface area is 149 Å². The van der Waals surface area contributed by atoms with Crippen molar-refractivity contribution in [2.45, 2.75) is 52.7 Å². The fourth-order valence-electron chi connectivity index (χ4n) is 1.85. The molecule has 0 unspecified atom stereocenters. The molecule has 0 N–H and O–H groups in total. The van der Waals surface area contributed by atoms with Crippen molar-refractivity contribution in [1.29, 1.82) is 0 Å². The average molecular weight is 351 g/mol. The van der Waals surface area contributed by atoms with Gasteiger partial charge in [-0.25, -0.2) is 9.59 Å². The molecular formula is C18H29N3O4. The van der Waals surface area contributed by atoms with Crippen molar-refractivity contribution in [3.63, 3.8) is 0 Å². The van der Waals surface area contributed by atoms with E-state index in [4.69, 9.17) is 9.47 Å². The number of carbonyl (C=O) groups excluding carboxylic acids is 2. The zero-order valence-corrected chi connectivity index (χ0v) is 16.2. The molecule has 1 rings (SSSR count). The highest BCUT2D eigenvalue weighted by Gasteiger charge is 2.25. The summed E-state index contributed by atoms with van der Waals surface area (Å²) in [7, 11) is 1.63. The third-order valence-corrected chi connectivity index (χ3v) is 2.95. The Morgan fingerprint density at radius 2 is 1.40 bits per heavy atom. The number of nitrogens with zero attached hydrogens (tertiary/aromatic N) is 3. The van der Waals surface area contributed by atoms with Gasteiger partial charge in [-0.15, -0.1) is 0 Å². The molecule has 2 amide bonds. The van der Waals surface area contributed by atoms with Gasteiger partial charge in [-0.3, -0.25) is 9.88 Å². The van der Waals surface area contributed by atoms with E-state index in [0.717, 1.165) is 0 Å². The van der Waals surface area contributed by atoms with Crippen LogP contribution in [-0.4, -0.2) is 53.4 Å². The molecule has 140 valence electrons. The number of carbonyl (C=O) groups is 2. The quantitative estimate of drug-likeness (QED) is 0.827. The minimum absolute atomic E-state index is 0.272. The number of ether oxygens (including phenoxy) is 2. The van der Waals surface area contributed by atoms with Crippen molar-refractivity contribution >= 4 is 17.9 Å². The SMILES string of the molecule is CN(CCN(C(=O)OC(C)(C)C)c1ccncc1)C(=O)OC(C)(C)C. The second kappa shape index (κ2) is 8.18. The molecule has 0 aliphatic carbocycles. The molecule has 1 heterocycles. The lowest BCUT2D eigenvalue weighted by Gasteiger charge is -2.29. The van der Waals surface area contributed by atoms with E-state index < -0.39 is 23.4 Å². The van der Waals surface area contributed by atoms with Crippen molar-refractivity contribution in [3.8, 4) is 0 Å².